The van der Waals surface area contributed by atoms with Crippen molar-refractivity contribution in [3.05, 3.63) is 0 Å². The monoisotopic (exact) mass is 531 g/mol. The molecule has 2 fully saturated rings. The summed E-state index contributed by atoms with van der Waals surface area (Å²) in [6.07, 6.45) is -3.30. The van der Waals surface area contributed by atoms with Gasteiger partial charge in [-0.3, -0.25) is 24.0 Å². The summed E-state index contributed by atoms with van der Waals surface area (Å²) in [6.45, 7) is 4.78. The number of ether oxygens (including phenoxy) is 4. The highest BCUT2D eigenvalue weighted by atomic mass is 16.8. The van der Waals surface area contributed by atoms with Crippen LogP contribution < -0.4 is 16.4 Å². The number of unbranched alkanes of at least 4 members (excludes halogenated alkanes) is 2. The highest BCUT2D eigenvalue weighted by molar-refractivity contribution is 5.95. The molecule has 3 amide bonds. The third kappa shape index (κ3) is 8.51. The van der Waals surface area contributed by atoms with Crippen LogP contribution in [0.5, 0.6) is 0 Å². The molecule has 5 atom stereocenters. The number of aliphatic hydroxyl groups excluding tert-OH is 2. The maximum atomic E-state index is 12.7. The molecule has 2 aliphatic heterocycles. The number of carbonyl (C=O) groups excluding carboxylic acids is 5. The van der Waals surface area contributed by atoms with Crippen LogP contribution >= 0.6 is 0 Å². The van der Waals surface area contributed by atoms with Gasteiger partial charge in [-0.25, -0.2) is 0 Å². The first kappa shape index (κ1) is 30.7. The van der Waals surface area contributed by atoms with Gasteiger partial charge in [0.05, 0.1) is 0 Å². The molecule has 2 aliphatic rings. The minimum absolute atomic E-state index is 0.200. The quantitative estimate of drug-likeness (QED) is 0.152. The number of aliphatic hydroxyl groups is 2. The minimum Gasteiger partial charge on any atom is -0.388 e. The molecule has 5 unspecified atom stereocenters. The molecule has 14 nitrogen and oxygen atoms in total. The third-order valence-electron chi connectivity index (χ3n) is 5.78. The zero-order chi connectivity index (χ0) is 28.0. The summed E-state index contributed by atoms with van der Waals surface area (Å²) >= 11 is 0. The van der Waals surface area contributed by atoms with E-state index in [2.05, 4.69) is 10.6 Å². The third-order valence-corrected chi connectivity index (χ3v) is 5.78. The van der Waals surface area contributed by atoms with Gasteiger partial charge in [0.25, 0.3) is 11.8 Å². The van der Waals surface area contributed by atoms with Crippen molar-refractivity contribution in [1.29, 1.82) is 0 Å². The number of nitrogens with one attached hydrogen (secondary N) is 2. The van der Waals surface area contributed by atoms with Crippen LogP contribution in [0.1, 0.15) is 53.4 Å². The van der Waals surface area contributed by atoms with E-state index in [1.165, 1.54) is 13.8 Å². The number of nitrogens with two attached hydrogens (primary N) is 1. The molecular weight excluding hydrogens is 494 g/mol. The van der Waals surface area contributed by atoms with Gasteiger partial charge in [-0.2, -0.15) is 0 Å². The molecule has 0 radical (unpaired) electrons. The molecule has 0 aromatic carbocycles. The van der Waals surface area contributed by atoms with Crippen LogP contribution in [-0.2, 0) is 42.9 Å². The van der Waals surface area contributed by atoms with Gasteiger partial charge in [0.1, 0.15) is 19.3 Å². The standard InChI is InChI=1S/C23H37N3O11/c1-22(2)34-15(13(29)10-27)17(36-22)20(32)25-9-7-5-6-8-12(19(24)31)26-21(33)18-16(14(30)11-28)35-23(3,4)37-18/h12,15-18,27-28H,5-11H2,1-4H3,(H2,24,31)(H,25,32)(H,26,33). The van der Waals surface area contributed by atoms with Gasteiger partial charge in [0, 0.05) is 6.54 Å². The van der Waals surface area contributed by atoms with E-state index in [4.69, 9.17) is 34.9 Å². The number of ketones is 2. The minimum atomic E-state index is -1.35. The highest BCUT2D eigenvalue weighted by Gasteiger charge is 2.49. The lowest BCUT2D eigenvalue weighted by atomic mass is 10.1. The maximum Gasteiger partial charge on any atom is 0.253 e. The van der Waals surface area contributed by atoms with Crippen molar-refractivity contribution in [3.8, 4) is 0 Å². The zero-order valence-corrected chi connectivity index (χ0v) is 21.5. The Morgan fingerprint density at radius 1 is 0.757 bits per heavy atom. The first-order valence-electron chi connectivity index (χ1n) is 12.1. The molecule has 0 saturated carbocycles. The molecule has 2 heterocycles. The summed E-state index contributed by atoms with van der Waals surface area (Å²) in [7, 11) is 0. The first-order chi connectivity index (χ1) is 17.2. The smallest absolute Gasteiger partial charge is 0.253 e. The summed E-state index contributed by atoms with van der Waals surface area (Å²) in [6, 6.07) is -1.03. The van der Waals surface area contributed by atoms with E-state index in [1.807, 2.05) is 0 Å². The average Bonchev–Trinajstić information content (AvgIpc) is 3.34. The fourth-order valence-electron chi connectivity index (χ4n) is 4.06. The Labute approximate surface area is 214 Å². The van der Waals surface area contributed by atoms with Gasteiger partial charge in [-0.15, -0.1) is 0 Å². The van der Waals surface area contributed by atoms with Crippen molar-refractivity contribution in [3.63, 3.8) is 0 Å². The molecule has 2 rings (SSSR count). The second-order valence-corrected chi connectivity index (χ2v) is 9.81. The van der Waals surface area contributed by atoms with Crippen molar-refractivity contribution < 1.29 is 53.1 Å². The van der Waals surface area contributed by atoms with Crippen LogP contribution in [0.2, 0.25) is 0 Å². The molecule has 0 aromatic heterocycles. The number of hydrogen-bond donors (Lipinski definition) is 5. The fourth-order valence-corrected chi connectivity index (χ4v) is 4.06. The SMILES string of the molecule is CC1(C)OC(C(=O)CO)C(C(=O)NCCCCCC(NC(=O)C2OC(C)(C)OC2C(=O)CO)C(N)=O)O1. The molecule has 0 spiro atoms. The molecule has 0 bridgehead atoms. The zero-order valence-electron chi connectivity index (χ0n) is 21.5. The summed E-state index contributed by atoms with van der Waals surface area (Å²) in [5.74, 6) is -5.85. The van der Waals surface area contributed by atoms with Crippen LogP contribution in [0.3, 0.4) is 0 Å². The lowest BCUT2D eigenvalue weighted by molar-refractivity contribution is -0.160. The van der Waals surface area contributed by atoms with Crippen LogP contribution in [0, 0.1) is 0 Å². The summed E-state index contributed by atoms with van der Waals surface area (Å²) in [5, 5.41) is 23.4. The van der Waals surface area contributed by atoms with Gasteiger partial charge < -0.3 is 45.5 Å². The average molecular weight is 532 g/mol. The molecule has 14 heteroatoms. The predicted octanol–water partition coefficient (Wildman–Crippen LogP) is -2.20. The second-order valence-electron chi connectivity index (χ2n) is 9.81. The van der Waals surface area contributed by atoms with Gasteiger partial charge in [-0.1, -0.05) is 12.8 Å². The fraction of sp³-hybridized carbons (Fsp3) is 0.783. The predicted molar refractivity (Wildman–Crippen MR) is 124 cm³/mol. The van der Waals surface area contributed by atoms with Crippen molar-refractivity contribution >= 4 is 29.3 Å². The van der Waals surface area contributed by atoms with Crippen LogP contribution in [0.15, 0.2) is 0 Å². The number of primary amides is 1. The Kier molecular flexibility index (Phi) is 10.7. The van der Waals surface area contributed by atoms with Gasteiger partial charge in [-0.05, 0) is 40.5 Å². The van der Waals surface area contributed by atoms with E-state index in [0.717, 1.165) is 0 Å². The van der Waals surface area contributed by atoms with E-state index < -0.39 is 84.5 Å². The van der Waals surface area contributed by atoms with Crippen molar-refractivity contribution in [2.45, 2.75) is 95.4 Å². The van der Waals surface area contributed by atoms with Crippen LogP contribution in [0.25, 0.3) is 0 Å². The Morgan fingerprint density at radius 2 is 1.22 bits per heavy atom. The molecule has 210 valence electrons. The number of Topliss-reactive ketones (excluding diaryl/α,β-unsaturated/α-hetero) is 2. The highest BCUT2D eigenvalue weighted by Crippen LogP contribution is 2.30. The van der Waals surface area contributed by atoms with E-state index in [0.29, 0.717) is 19.3 Å². The number of amides is 3. The molecule has 37 heavy (non-hydrogen) atoms. The van der Waals surface area contributed by atoms with E-state index >= 15 is 0 Å². The van der Waals surface area contributed by atoms with Crippen molar-refractivity contribution in [2.24, 2.45) is 5.73 Å². The lowest BCUT2D eigenvalue weighted by Gasteiger charge is -2.20. The Bertz CT molecular complexity index is 876. The molecule has 0 aliphatic carbocycles. The number of hydrogen-bond acceptors (Lipinski definition) is 11. The van der Waals surface area contributed by atoms with Crippen molar-refractivity contribution in [2.75, 3.05) is 19.8 Å². The van der Waals surface area contributed by atoms with Crippen molar-refractivity contribution in [1.82, 2.24) is 10.6 Å². The Hall–Kier alpha value is -2.49. The first-order valence-corrected chi connectivity index (χ1v) is 12.1. The normalized spacial score (nSPS) is 26.9. The molecule has 2 saturated heterocycles. The second kappa shape index (κ2) is 12.8. The molecular formula is C23H37N3O11. The molecule has 0 aromatic rings. The summed E-state index contributed by atoms with van der Waals surface area (Å²) in [5.41, 5.74) is 5.42. The van der Waals surface area contributed by atoms with E-state index in [9.17, 15) is 24.0 Å². The Balaban J connectivity index is 1.79. The van der Waals surface area contributed by atoms with E-state index in [1.54, 1.807) is 13.8 Å². The number of rotatable bonds is 14. The number of carbonyl (C=O) groups is 5. The van der Waals surface area contributed by atoms with E-state index in [-0.39, 0.29) is 13.0 Å². The summed E-state index contributed by atoms with van der Waals surface area (Å²) < 4.78 is 21.8. The topological polar surface area (TPSA) is 213 Å². The Morgan fingerprint density at radius 3 is 1.68 bits per heavy atom. The lowest BCUT2D eigenvalue weighted by Crippen LogP contribution is -2.51. The van der Waals surface area contributed by atoms with Crippen LogP contribution in [-0.4, -0.2) is 101 Å². The van der Waals surface area contributed by atoms with Crippen LogP contribution in [0.4, 0.5) is 0 Å². The maximum absolute atomic E-state index is 12.7. The summed E-state index contributed by atoms with van der Waals surface area (Å²) in [4.78, 5) is 60.8. The molecule has 6 N–H and O–H groups in total. The van der Waals surface area contributed by atoms with Gasteiger partial charge in [0.2, 0.25) is 5.91 Å². The van der Waals surface area contributed by atoms with Gasteiger partial charge in [0.15, 0.2) is 47.6 Å². The largest absolute Gasteiger partial charge is 0.388 e. The van der Waals surface area contributed by atoms with Gasteiger partial charge >= 0.3 is 0 Å².